The summed E-state index contributed by atoms with van der Waals surface area (Å²) in [6.45, 7) is 4.60. The van der Waals surface area contributed by atoms with Gasteiger partial charge in [-0.25, -0.2) is 4.79 Å². The van der Waals surface area contributed by atoms with Crippen LogP contribution in [0.15, 0.2) is 15.5 Å². The molecule has 27 heavy (non-hydrogen) atoms. The lowest BCUT2D eigenvalue weighted by molar-refractivity contribution is -0.119. The number of hydrogen-bond donors (Lipinski definition) is 2. The Kier molecular flexibility index (Phi) is 7.12. The molecule has 1 amide bonds. The van der Waals surface area contributed by atoms with Gasteiger partial charge in [-0.1, -0.05) is 0 Å². The van der Waals surface area contributed by atoms with Crippen LogP contribution in [0.25, 0.3) is 0 Å². The molecule has 0 bridgehead atoms. The van der Waals surface area contributed by atoms with Gasteiger partial charge in [0.1, 0.15) is 17.1 Å². The van der Waals surface area contributed by atoms with Gasteiger partial charge in [-0.15, -0.1) is 24.0 Å². The average Bonchev–Trinajstić information content (AvgIpc) is 3.17. The third-order valence-corrected chi connectivity index (χ3v) is 5.16. The van der Waals surface area contributed by atoms with Crippen molar-refractivity contribution in [1.82, 2.24) is 15.5 Å². The third-order valence-electron chi connectivity index (χ3n) is 5.16. The second kappa shape index (κ2) is 8.94. The van der Waals surface area contributed by atoms with E-state index in [-0.39, 0.29) is 35.3 Å². The van der Waals surface area contributed by atoms with Gasteiger partial charge < -0.3 is 24.7 Å². The van der Waals surface area contributed by atoms with Crippen molar-refractivity contribution in [3.8, 4) is 0 Å². The summed E-state index contributed by atoms with van der Waals surface area (Å²) >= 11 is 0. The standard InChI is InChI=1S/C18H26N4O4.HI/c1-12-14(16(24)25-3)7-13(26-12)9-20-17(19-2)22-6-4-5-18(11-22)8-15(23)21-10-18;/h7H,4-6,8-11H2,1-3H3,(H,19,20)(H,21,23);1H. The van der Waals surface area contributed by atoms with Gasteiger partial charge in [0.25, 0.3) is 0 Å². The highest BCUT2D eigenvalue weighted by atomic mass is 127. The third kappa shape index (κ3) is 4.74. The largest absolute Gasteiger partial charge is 0.465 e. The Morgan fingerprint density at radius 1 is 1.52 bits per heavy atom. The first-order valence-corrected chi connectivity index (χ1v) is 8.86. The van der Waals surface area contributed by atoms with Crippen LogP contribution in [0.1, 0.15) is 41.1 Å². The maximum atomic E-state index is 11.7. The molecule has 2 N–H and O–H groups in total. The number of amides is 1. The molecule has 0 aromatic carbocycles. The monoisotopic (exact) mass is 490 g/mol. The predicted octanol–water partition coefficient (Wildman–Crippen LogP) is 1.67. The number of furan rings is 1. The van der Waals surface area contributed by atoms with Crippen LogP contribution in [0.4, 0.5) is 0 Å². The highest BCUT2D eigenvalue weighted by Crippen LogP contribution is 2.36. The molecule has 0 aliphatic carbocycles. The Hall–Kier alpha value is -1.78. The van der Waals surface area contributed by atoms with E-state index in [1.165, 1.54) is 7.11 Å². The number of ether oxygens (including phenoxy) is 1. The fourth-order valence-electron chi connectivity index (χ4n) is 3.87. The smallest absolute Gasteiger partial charge is 0.341 e. The SMILES string of the molecule is CN=C(NCc1cc(C(=O)OC)c(C)o1)N1CCCC2(CNC(=O)C2)C1.I. The number of aliphatic imine (C=N–C) groups is 1. The van der Waals surface area contributed by atoms with Crippen LogP contribution in [0.5, 0.6) is 0 Å². The first kappa shape index (κ1) is 21.5. The molecular weight excluding hydrogens is 463 g/mol. The molecule has 1 spiro atoms. The maximum absolute atomic E-state index is 11.7. The lowest BCUT2D eigenvalue weighted by atomic mass is 9.79. The molecule has 8 nitrogen and oxygen atoms in total. The van der Waals surface area contributed by atoms with Crippen LogP contribution in [-0.4, -0.2) is 56.5 Å². The fraction of sp³-hybridized carbons (Fsp3) is 0.611. The van der Waals surface area contributed by atoms with Crippen LogP contribution in [0, 0.1) is 12.3 Å². The van der Waals surface area contributed by atoms with Gasteiger partial charge in [0.05, 0.1) is 13.7 Å². The number of carbonyl (C=O) groups is 2. The molecule has 150 valence electrons. The zero-order valence-corrected chi connectivity index (χ0v) is 18.3. The number of esters is 1. The van der Waals surface area contributed by atoms with Gasteiger partial charge in [0.2, 0.25) is 5.91 Å². The second-order valence-corrected chi connectivity index (χ2v) is 7.05. The van der Waals surface area contributed by atoms with E-state index in [1.54, 1.807) is 20.0 Å². The first-order valence-electron chi connectivity index (χ1n) is 8.86. The summed E-state index contributed by atoms with van der Waals surface area (Å²) in [7, 11) is 3.10. The molecule has 3 heterocycles. The van der Waals surface area contributed by atoms with Crippen LogP contribution in [0.2, 0.25) is 0 Å². The van der Waals surface area contributed by atoms with Gasteiger partial charge in [-0.2, -0.15) is 0 Å². The number of aryl methyl sites for hydroxylation is 1. The van der Waals surface area contributed by atoms with E-state index in [9.17, 15) is 9.59 Å². The van der Waals surface area contributed by atoms with Gasteiger partial charge in [0.15, 0.2) is 5.96 Å². The molecule has 1 aromatic rings. The van der Waals surface area contributed by atoms with Crippen molar-refractivity contribution < 1.29 is 18.7 Å². The lowest BCUT2D eigenvalue weighted by Crippen LogP contribution is -2.51. The van der Waals surface area contributed by atoms with Crippen LogP contribution < -0.4 is 10.6 Å². The molecule has 1 aromatic heterocycles. The number of nitrogens with one attached hydrogen (secondary N) is 2. The van der Waals surface area contributed by atoms with Gasteiger partial charge in [0, 0.05) is 38.5 Å². The van der Waals surface area contributed by atoms with Crippen LogP contribution in [-0.2, 0) is 16.1 Å². The van der Waals surface area contributed by atoms with Crippen LogP contribution in [0.3, 0.4) is 0 Å². The average molecular weight is 490 g/mol. The predicted molar refractivity (Wildman–Crippen MR) is 111 cm³/mol. The number of halogens is 1. The molecule has 2 aliphatic rings. The number of guanidine groups is 1. The number of hydrogen-bond acceptors (Lipinski definition) is 5. The molecule has 2 fully saturated rings. The maximum Gasteiger partial charge on any atom is 0.341 e. The van der Waals surface area contributed by atoms with Crippen LogP contribution >= 0.6 is 24.0 Å². The van der Waals surface area contributed by atoms with E-state index < -0.39 is 5.97 Å². The van der Waals surface area contributed by atoms with E-state index in [0.29, 0.717) is 30.0 Å². The number of piperidine rings is 1. The topological polar surface area (TPSA) is 96.2 Å². The van der Waals surface area contributed by atoms with E-state index in [1.807, 2.05) is 0 Å². The quantitative estimate of drug-likeness (QED) is 0.290. The molecular formula is C18H27IN4O4. The van der Waals surface area contributed by atoms with Crippen molar-refractivity contribution in [2.75, 3.05) is 33.8 Å². The van der Waals surface area contributed by atoms with Gasteiger partial charge in [-0.05, 0) is 25.8 Å². The lowest BCUT2D eigenvalue weighted by Gasteiger charge is -2.40. The minimum Gasteiger partial charge on any atom is -0.465 e. The van der Waals surface area contributed by atoms with Gasteiger partial charge >= 0.3 is 5.97 Å². The Balaban J connectivity index is 0.00000261. The van der Waals surface area contributed by atoms with Crippen molar-refractivity contribution in [3.05, 3.63) is 23.2 Å². The van der Waals surface area contributed by atoms with Crippen molar-refractivity contribution >= 4 is 41.8 Å². The van der Waals surface area contributed by atoms with Crippen molar-refractivity contribution in [3.63, 3.8) is 0 Å². The zero-order valence-electron chi connectivity index (χ0n) is 16.0. The Morgan fingerprint density at radius 3 is 2.93 bits per heavy atom. The van der Waals surface area contributed by atoms with E-state index in [0.717, 1.165) is 38.4 Å². The summed E-state index contributed by atoms with van der Waals surface area (Å²) < 4.78 is 10.4. The number of carbonyl (C=O) groups excluding carboxylic acids is 2. The normalized spacial score (nSPS) is 22.4. The molecule has 0 radical (unpaired) electrons. The molecule has 0 saturated carbocycles. The number of nitrogens with zero attached hydrogens (tertiary/aromatic N) is 2. The van der Waals surface area contributed by atoms with E-state index in [4.69, 9.17) is 9.15 Å². The summed E-state index contributed by atoms with van der Waals surface area (Å²) in [5.41, 5.74) is 0.443. The molecule has 1 atom stereocenters. The fourth-order valence-corrected chi connectivity index (χ4v) is 3.87. The summed E-state index contributed by atoms with van der Waals surface area (Å²) in [6, 6.07) is 1.69. The highest BCUT2D eigenvalue weighted by molar-refractivity contribution is 14.0. The molecule has 2 aliphatic heterocycles. The Bertz CT molecular complexity index is 733. The van der Waals surface area contributed by atoms with E-state index in [2.05, 4.69) is 20.5 Å². The van der Waals surface area contributed by atoms with Crippen molar-refractivity contribution in [2.45, 2.75) is 32.7 Å². The van der Waals surface area contributed by atoms with Crippen molar-refractivity contribution in [2.24, 2.45) is 10.4 Å². The minimum absolute atomic E-state index is 0. The molecule has 3 rings (SSSR count). The molecule has 1 unspecified atom stereocenters. The minimum atomic E-state index is -0.404. The molecule has 9 heteroatoms. The Labute approximate surface area is 176 Å². The Morgan fingerprint density at radius 2 is 2.30 bits per heavy atom. The highest BCUT2D eigenvalue weighted by Gasteiger charge is 2.42. The number of rotatable bonds is 3. The first-order chi connectivity index (χ1) is 12.5. The summed E-state index contributed by atoms with van der Waals surface area (Å²) in [6.07, 6.45) is 2.67. The summed E-state index contributed by atoms with van der Waals surface area (Å²) in [5.74, 6) is 1.69. The summed E-state index contributed by atoms with van der Waals surface area (Å²) in [5, 5.41) is 6.25. The second-order valence-electron chi connectivity index (χ2n) is 7.05. The number of likely N-dealkylation sites (tertiary alicyclic amines) is 1. The van der Waals surface area contributed by atoms with Gasteiger partial charge in [-0.3, -0.25) is 9.79 Å². The number of methoxy groups -OCH3 is 1. The van der Waals surface area contributed by atoms with E-state index >= 15 is 0 Å². The zero-order chi connectivity index (χ0) is 18.7. The van der Waals surface area contributed by atoms with Crippen molar-refractivity contribution in [1.29, 1.82) is 0 Å². The summed E-state index contributed by atoms with van der Waals surface area (Å²) in [4.78, 5) is 29.9. The molecule has 2 saturated heterocycles.